The predicted octanol–water partition coefficient (Wildman–Crippen LogP) is 2.82. The number of rotatable bonds is 11. The Hall–Kier alpha value is -0.900. The third-order valence-corrected chi connectivity index (χ3v) is 3.14. The van der Waals surface area contributed by atoms with Crippen LogP contribution >= 0.6 is 0 Å². The van der Waals surface area contributed by atoms with E-state index in [1.54, 1.807) is 7.11 Å². The van der Waals surface area contributed by atoms with Crippen molar-refractivity contribution >= 4 is 0 Å². The molecule has 0 aromatic heterocycles. The van der Waals surface area contributed by atoms with Crippen LogP contribution in [0, 0.1) is 0 Å². The molecule has 0 aliphatic carbocycles. The van der Waals surface area contributed by atoms with Crippen LogP contribution in [0.1, 0.15) is 31.2 Å². The average molecular weight is 265 g/mol. The van der Waals surface area contributed by atoms with E-state index in [0.717, 1.165) is 32.5 Å². The van der Waals surface area contributed by atoms with Crippen LogP contribution in [-0.2, 0) is 9.47 Å². The summed E-state index contributed by atoms with van der Waals surface area (Å²) in [4.78, 5) is 0. The van der Waals surface area contributed by atoms with Gasteiger partial charge in [0.25, 0.3) is 0 Å². The Kier molecular flexibility index (Phi) is 9.33. The van der Waals surface area contributed by atoms with Crippen LogP contribution in [0.25, 0.3) is 0 Å². The maximum Gasteiger partial charge on any atom is 0.0700 e. The number of hydrogen-bond acceptors (Lipinski definition) is 3. The molecule has 0 spiro atoms. The van der Waals surface area contributed by atoms with E-state index in [1.165, 1.54) is 5.56 Å². The first-order valence-corrected chi connectivity index (χ1v) is 7.17. The first kappa shape index (κ1) is 16.2. The molecule has 1 aromatic rings. The Bertz CT molecular complexity index is 303. The molecule has 0 aliphatic rings. The molecule has 3 heteroatoms. The molecular formula is C16H27NO2. The van der Waals surface area contributed by atoms with Gasteiger partial charge in [0.05, 0.1) is 13.2 Å². The van der Waals surface area contributed by atoms with Gasteiger partial charge >= 0.3 is 0 Å². The second kappa shape index (κ2) is 11.0. The summed E-state index contributed by atoms with van der Waals surface area (Å²) in [5.74, 6) is 0.569. The largest absolute Gasteiger partial charge is 0.382 e. The lowest BCUT2D eigenvalue weighted by atomic mass is 10.0. The number of nitrogens with one attached hydrogen (secondary N) is 1. The number of hydrogen-bond donors (Lipinski definition) is 1. The quantitative estimate of drug-likeness (QED) is 0.624. The number of ether oxygens (including phenoxy) is 2. The second-order valence-electron chi connectivity index (χ2n) is 4.83. The fourth-order valence-corrected chi connectivity index (χ4v) is 1.92. The normalized spacial score (nSPS) is 12.5. The number of unbranched alkanes of at least 4 members (excludes halogenated alkanes) is 1. The third kappa shape index (κ3) is 7.98. The smallest absolute Gasteiger partial charge is 0.0700 e. The van der Waals surface area contributed by atoms with E-state index < -0.39 is 0 Å². The molecule has 19 heavy (non-hydrogen) atoms. The third-order valence-electron chi connectivity index (χ3n) is 3.14. The zero-order chi connectivity index (χ0) is 13.8. The van der Waals surface area contributed by atoms with Gasteiger partial charge in [0.2, 0.25) is 0 Å². The van der Waals surface area contributed by atoms with Gasteiger partial charge in [-0.1, -0.05) is 37.3 Å². The zero-order valence-electron chi connectivity index (χ0n) is 12.2. The molecule has 3 nitrogen and oxygen atoms in total. The first-order chi connectivity index (χ1) is 9.34. The summed E-state index contributed by atoms with van der Waals surface area (Å²) in [6.07, 6.45) is 2.27. The molecule has 1 aromatic carbocycles. The summed E-state index contributed by atoms with van der Waals surface area (Å²) in [5.41, 5.74) is 1.40. The number of methoxy groups -OCH3 is 1. The minimum absolute atomic E-state index is 0.569. The van der Waals surface area contributed by atoms with Gasteiger partial charge in [-0.2, -0.15) is 0 Å². The fraction of sp³-hybridized carbons (Fsp3) is 0.625. The summed E-state index contributed by atoms with van der Waals surface area (Å²) in [7, 11) is 1.70. The maximum absolute atomic E-state index is 5.42. The minimum atomic E-state index is 0.569. The van der Waals surface area contributed by atoms with E-state index in [-0.39, 0.29) is 0 Å². The van der Waals surface area contributed by atoms with Crippen LogP contribution < -0.4 is 5.32 Å². The van der Waals surface area contributed by atoms with Crippen molar-refractivity contribution in [3.8, 4) is 0 Å². The standard InChI is InChI=1S/C16H27NO2/c1-15(16-8-4-3-5-9-16)14-17-10-6-7-11-19-13-12-18-2/h3-5,8-9,15,17H,6-7,10-14H2,1-2H3. The molecule has 0 bridgehead atoms. The molecule has 0 radical (unpaired) electrons. The minimum Gasteiger partial charge on any atom is -0.382 e. The lowest BCUT2D eigenvalue weighted by Crippen LogP contribution is -2.21. The highest BCUT2D eigenvalue weighted by Gasteiger charge is 2.03. The van der Waals surface area contributed by atoms with E-state index in [4.69, 9.17) is 9.47 Å². The van der Waals surface area contributed by atoms with E-state index in [0.29, 0.717) is 19.1 Å². The van der Waals surface area contributed by atoms with Crippen molar-refractivity contribution in [3.63, 3.8) is 0 Å². The molecular weight excluding hydrogens is 238 g/mol. The van der Waals surface area contributed by atoms with Gasteiger partial charge in [-0.3, -0.25) is 0 Å². The van der Waals surface area contributed by atoms with Crippen LogP contribution in [0.5, 0.6) is 0 Å². The van der Waals surface area contributed by atoms with Crippen molar-refractivity contribution in [2.45, 2.75) is 25.7 Å². The molecule has 1 unspecified atom stereocenters. The molecule has 0 heterocycles. The van der Waals surface area contributed by atoms with Gasteiger partial charge in [0, 0.05) is 20.3 Å². The lowest BCUT2D eigenvalue weighted by Gasteiger charge is -2.13. The van der Waals surface area contributed by atoms with E-state index >= 15 is 0 Å². The topological polar surface area (TPSA) is 30.5 Å². The molecule has 0 fully saturated rings. The summed E-state index contributed by atoms with van der Waals surface area (Å²) in [6, 6.07) is 10.6. The molecule has 108 valence electrons. The van der Waals surface area contributed by atoms with E-state index in [1.807, 2.05) is 0 Å². The van der Waals surface area contributed by atoms with Gasteiger partial charge in [-0.05, 0) is 30.9 Å². The Morgan fingerprint density at radius 3 is 2.58 bits per heavy atom. The predicted molar refractivity (Wildman–Crippen MR) is 79.7 cm³/mol. The first-order valence-electron chi connectivity index (χ1n) is 7.17. The molecule has 1 N–H and O–H groups in total. The monoisotopic (exact) mass is 265 g/mol. The lowest BCUT2D eigenvalue weighted by molar-refractivity contribution is 0.0688. The average Bonchev–Trinajstić information content (AvgIpc) is 2.46. The SMILES string of the molecule is COCCOCCCCNCC(C)c1ccccc1. The molecule has 0 aliphatic heterocycles. The maximum atomic E-state index is 5.42. The van der Waals surface area contributed by atoms with Crippen LogP contribution in [0.2, 0.25) is 0 Å². The Morgan fingerprint density at radius 1 is 1.05 bits per heavy atom. The van der Waals surface area contributed by atoms with Crippen LogP contribution in [0.15, 0.2) is 30.3 Å². The zero-order valence-corrected chi connectivity index (χ0v) is 12.2. The van der Waals surface area contributed by atoms with E-state index in [9.17, 15) is 0 Å². The highest BCUT2D eigenvalue weighted by Crippen LogP contribution is 2.12. The van der Waals surface area contributed by atoms with Gasteiger partial charge in [-0.15, -0.1) is 0 Å². The van der Waals surface area contributed by atoms with Gasteiger partial charge in [0.15, 0.2) is 0 Å². The summed E-state index contributed by atoms with van der Waals surface area (Å²) < 4.78 is 10.3. The second-order valence-corrected chi connectivity index (χ2v) is 4.83. The highest BCUT2D eigenvalue weighted by molar-refractivity contribution is 5.18. The Labute approximate surface area is 117 Å². The summed E-state index contributed by atoms with van der Waals surface area (Å²) in [5, 5.41) is 3.51. The van der Waals surface area contributed by atoms with Crippen molar-refractivity contribution in [2.75, 3.05) is 40.0 Å². The molecule has 1 atom stereocenters. The van der Waals surface area contributed by atoms with Crippen LogP contribution in [0.3, 0.4) is 0 Å². The van der Waals surface area contributed by atoms with Crippen molar-refractivity contribution in [3.05, 3.63) is 35.9 Å². The van der Waals surface area contributed by atoms with Crippen molar-refractivity contribution < 1.29 is 9.47 Å². The van der Waals surface area contributed by atoms with Crippen LogP contribution in [0.4, 0.5) is 0 Å². The fourth-order valence-electron chi connectivity index (χ4n) is 1.92. The van der Waals surface area contributed by atoms with Crippen LogP contribution in [-0.4, -0.2) is 40.0 Å². The molecule has 0 amide bonds. The Morgan fingerprint density at radius 2 is 1.84 bits per heavy atom. The van der Waals surface area contributed by atoms with Crippen molar-refractivity contribution in [1.29, 1.82) is 0 Å². The Balaban J connectivity index is 1.93. The van der Waals surface area contributed by atoms with Gasteiger partial charge in [0.1, 0.15) is 0 Å². The highest BCUT2D eigenvalue weighted by atomic mass is 16.5. The summed E-state index contributed by atoms with van der Waals surface area (Å²) in [6.45, 7) is 6.58. The van der Waals surface area contributed by atoms with Gasteiger partial charge < -0.3 is 14.8 Å². The molecule has 0 saturated carbocycles. The molecule has 0 saturated heterocycles. The van der Waals surface area contributed by atoms with Gasteiger partial charge in [-0.25, -0.2) is 0 Å². The molecule has 1 rings (SSSR count). The van der Waals surface area contributed by atoms with Crippen molar-refractivity contribution in [1.82, 2.24) is 5.32 Å². The van der Waals surface area contributed by atoms with Crippen molar-refractivity contribution in [2.24, 2.45) is 0 Å². The summed E-state index contributed by atoms with van der Waals surface area (Å²) >= 11 is 0. The number of benzene rings is 1. The van der Waals surface area contributed by atoms with E-state index in [2.05, 4.69) is 42.6 Å².